The molecule has 0 aromatic heterocycles. The van der Waals surface area contributed by atoms with Crippen molar-refractivity contribution >= 4 is 5.97 Å². The van der Waals surface area contributed by atoms with Crippen molar-refractivity contribution in [3.8, 4) is 6.07 Å². The van der Waals surface area contributed by atoms with Gasteiger partial charge in [-0.1, -0.05) is 12.2 Å². The topological polar surface area (TPSA) is 50.1 Å². The minimum absolute atomic E-state index is 0.149. The van der Waals surface area contributed by atoms with E-state index < -0.39 is 17.6 Å². The van der Waals surface area contributed by atoms with Gasteiger partial charge in [-0.25, -0.2) is 9.18 Å². The van der Waals surface area contributed by atoms with Crippen molar-refractivity contribution in [2.24, 2.45) is 5.92 Å². The molecular weight excluding hydrogens is 300 g/mol. The van der Waals surface area contributed by atoms with E-state index in [1.54, 1.807) is 6.08 Å². The van der Waals surface area contributed by atoms with Crippen molar-refractivity contribution < 1.29 is 18.3 Å². The van der Waals surface area contributed by atoms with E-state index >= 15 is 0 Å². The molecule has 23 heavy (non-hydrogen) atoms. The first-order valence-corrected chi connectivity index (χ1v) is 7.49. The maximum atomic E-state index is 12.8. The van der Waals surface area contributed by atoms with Crippen molar-refractivity contribution in [3.05, 3.63) is 59.7 Å². The Labute approximate surface area is 133 Å². The number of halogens is 2. The Kier molecular flexibility index (Phi) is 6.04. The van der Waals surface area contributed by atoms with Crippen LogP contribution in [0.25, 0.3) is 0 Å². The lowest BCUT2D eigenvalue weighted by Crippen LogP contribution is -2.24. The molecule has 0 heterocycles. The van der Waals surface area contributed by atoms with Gasteiger partial charge in [-0.15, -0.1) is 0 Å². The second-order valence-corrected chi connectivity index (χ2v) is 5.46. The SMILES string of the molecule is N#C/C(F)=C/C=C/[C@H]1CC[C@H](OC(=O)c2ccc(F)cc2)CC1. The summed E-state index contributed by atoms with van der Waals surface area (Å²) in [5, 5.41) is 8.30. The van der Waals surface area contributed by atoms with Crippen LogP contribution in [0.2, 0.25) is 0 Å². The maximum absolute atomic E-state index is 12.8. The summed E-state index contributed by atoms with van der Waals surface area (Å²) < 4.78 is 30.9. The van der Waals surface area contributed by atoms with Crippen molar-refractivity contribution in [2.75, 3.05) is 0 Å². The lowest BCUT2D eigenvalue weighted by molar-refractivity contribution is 0.0185. The summed E-state index contributed by atoms with van der Waals surface area (Å²) in [5.41, 5.74) is 0.338. The Balaban J connectivity index is 1.79. The van der Waals surface area contributed by atoms with E-state index in [2.05, 4.69) is 0 Å². The molecule has 2 rings (SSSR count). The molecule has 0 radical (unpaired) electrons. The monoisotopic (exact) mass is 317 g/mol. The van der Waals surface area contributed by atoms with Gasteiger partial charge in [0.15, 0.2) is 5.83 Å². The van der Waals surface area contributed by atoms with Crippen molar-refractivity contribution in [1.29, 1.82) is 5.26 Å². The van der Waals surface area contributed by atoms with Crippen LogP contribution >= 0.6 is 0 Å². The van der Waals surface area contributed by atoms with Crippen molar-refractivity contribution in [3.63, 3.8) is 0 Å². The van der Waals surface area contributed by atoms with E-state index in [0.29, 0.717) is 11.5 Å². The highest BCUT2D eigenvalue weighted by molar-refractivity contribution is 5.89. The Hall–Kier alpha value is -2.48. The van der Waals surface area contributed by atoms with E-state index in [1.165, 1.54) is 30.3 Å². The largest absolute Gasteiger partial charge is 0.459 e. The van der Waals surface area contributed by atoms with Gasteiger partial charge in [0.2, 0.25) is 0 Å². The normalized spacial score (nSPS) is 21.9. The molecule has 0 N–H and O–H groups in total. The van der Waals surface area contributed by atoms with Crippen LogP contribution in [-0.4, -0.2) is 12.1 Å². The lowest BCUT2D eigenvalue weighted by Gasteiger charge is -2.26. The van der Waals surface area contributed by atoms with Crippen LogP contribution in [0.1, 0.15) is 36.0 Å². The number of carbonyl (C=O) groups is 1. The number of carbonyl (C=O) groups excluding carboxylic acids is 1. The van der Waals surface area contributed by atoms with Gasteiger partial charge in [0, 0.05) is 0 Å². The van der Waals surface area contributed by atoms with Gasteiger partial charge in [-0.05, 0) is 61.9 Å². The van der Waals surface area contributed by atoms with Gasteiger partial charge < -0.3 is 4.74 Å². The molecule has 1 aromatic carbocycles. The molecule has 0 spiro atoms. The quantitative estimate of drug-likeness (QED) is 0.467. The predicted octanol–water partition coefficient (Wildman–Crippen LogP) is 4.47. The summed E-state index contributed by atoms with van der Waals surface area (Å²) in [6, 6.07) is 6.68. The first-order valence-electron chi connectivity index (χ1n) is 7.49. The summed E-state index contributed by atoms with van der Waals surface area (Å²) in [6.45, 7) is 0. The molecule has 0 unspecified atom stereocenters. The zero-order valence-corrected chi connectivity index (χ0v) is 12.5. The van der Waals surface area contributed by atoms with Crippen LogP contribution < -0.4 is 0 Å². The molecule has 0 bridgehead atoms. The first kappa shape index (κ1) is 16.9. The summed E-state index contributed by atoms with van der Waals surface area (Å²) >= 11 is 0. The van der Waals surface area contributed by atoms with E-state index in [0.717, 1.165) is 31.8 Å². The van der Waals surface area contributed by atoms with Crippen molar-refractivity contribution in [2.45, 2.75) is 31.8 Å². The third kappa shape index (κ3) is 5.33. The molecule has 1 aliphatic rings. The standard InChI is InChI=1S/C18H17F2NO2/c19-15-8-6-14(7-9-15)18(22)23-17-10-4-13(5-11-17)2-1-3-16(20)12-21/h1-3,6-9,13,17H,4-5,10-11H2/b2-1+,16-3-/t13-,17-. The Morgan fingerprint density at radius 2 is 1.87 bits per heavy atom. The van der Waals surface area contributed by atoms with Gasteiger partial charge in [-0.2, -0.15) is 9.65 Å². The van der Waals surface area contributed by atoms with Crippen LogP contribution in [0.15, 0.2) is 48.3 Å². The predicted molar refractivity (Wildman–Crippen MR) is 81.5 cm³/mol. The summed E-state index contributed by atoms with van der Waals surface area (Å²) in [7, 11) is 0. The lowest BCUT2D eigenvalue weighted by atomic mass is 9.87. The number of hydrogen-bond acceptors (Lipinski definition) is 3. The van der Waals surface area contributed by atoms with Crippen LogP contribution in [-0.2, 0) is 4.74 Å². The van der Waals surface area contributed by atoms with E-state index in [4.69, 9.17) is 10.00 Å². The maximum Gasteiger partial charge on any atom is 0.338 e. The first-order chi connectivity index (χ1) is 11.1. The third-order valence-electron chi connectivity index (χ3n) is 3.81. The molecule has 120 valence electrons. The highest BCUT2D eigenvalue weighted by atomic mass is 19.1. The molecule has 5 heteroatoms. The van der Waals surface area contributed by atoms with Gasteiger partial charge in [0.1, 0.15) is 18.0 Å². The van der Waals surface area contributed by atoms with Gasteiger partial charge in [0.05, 0.1) is 5.56 Å². The fourth-order valence-electron chi connectivity index (χ4n) is 2.54. The Morgan fingerprint density at radius 3 is 2.48 bits per heavy atom. The highest BCUT2D eigenvalue weighted by Crippen LogP contribution is 2.27. The van der Waals surface area contributed by atoms with E-state index in [1.807, 2.05) is 6.08 Å². The molecule has 0 atom stereocenters. The number of benzene rings is 1. The molecule has 3 nitrogen and oxygen atoms in total. The Morgan fingerprint density at radius 1 is 1.22 bits per heavy atom. The zero-order valence-electron chi connectivity index (χ0n) is 12.5. The molecule has 1 saturated carbocycles. The number of esters is 1. The second-order valence-electron chi connectivity index (χ2n) is 5.46. The average molecular weight is 317 g/mol. The molecule has 0 aliphatic heterocycles. The number of ether oxygens (including phenoxy) is 1. The number of allylic oxidation sites excluding steroid dienone is 4. The van der Waals surface area contributed by atoms with Crippen LogP contribution in [0.3, 0.4) is 0 Å². The van der Waals surface area contributed by atoms with Crippen LogP contribution in [0.5, 0.6) is 0 Å². The van der Waals surface area contributed by atoms with Crippen molar-refractivity contribution in [1.82, 2.24) is 0 Å². The van der Waals surface area contributed by atoms with E-state index in [9.17, 15) is 13.6 Å². The number of rotatable bonds is 4. The average Bonchev–Trinajstić information content (AvgIpc) is 2.56. The Bertz CT molecular complexity index is 636. The molecule has 1 fully saturated rings. The summed E-state index contributed by atoms with van der Waals surface area (Å²) in [4.78, 5) is 11.9. The molecule has 1 aromatic rings. The summed E-state index contributed by atoms with van der Waals surface area (Å²) in [6.07, 6.45) is 7.53. The molecular formula is C18H17F2NO2. The van der Waals surface area contributed by atoms with Crippen LogP contribution in [0, 0.1) is 23.1 Å². The third-order valence-corrected chi connectivity index (χ3v) is 3.81. The molecule has 0 amide bonds. The second kappa shape index (κ2) is 8.23. The molecule has 1 aliphatic carbocycles. The minimum Gasteiger partial charge on any atom is -0.459 e. The zero-order chi connectivity index (χ0) is 16.7. The van der Waals surface area contributed by atoms with Gasteiger partial charge >= 0.3 is 5.97 Å². The summed E-state index contributed by atoms with van der Waals surface area (Å²) in [5.74, 6) is -1.36. The van der Waals surface area contributed by atoms with Gasteiger partial charge in [0.25, 0.3) is 0 Å². The fourth-order valence-corrected chi connectivity index (χ4v) is 2.54. The van der Waals surface area contributed by atoms with E-state index in [-0.39, 0.29) is 6.10 Å². The van der Waals surface area contributed by atoms with Crippen LogP contribution in [0.4, 0.5) is 8.78 Å². The smallest absolute Gasteiger partial charge is 0.338 e. The fraction of sp³-hybridized carbons (Fsp3) is 0.333. The highest BCUT2D eigenvalue weighted by Gasteiger charge is 2.23. The van der Waals surface area contributed by atoms with Gasteiger partial charge in [-0.3, -0.25) is 0 Å². The number of hydrogen-bond donors (Lipinski definition) is 0. The molecule has 0 saturated heterocycles. The number of nitrogens with zero attached hydrogens (tertiary/aromatic N) is 1. The minimum atomic E-state index is -0.817. The number of nitriles is 1.